The van der Waals surface area contributed by atoms with Crippen LogP contribution in [0.4, 0.5) is 0 Å². The van der Waals surface area contributed by atoms with Crippen molar-refractivity contribution in [3.8, 4) is 55.8 Å². The van der Waals surface area contributed by atoms with E-state index in [2.05, 4.69) is 197 Å². The van der Waals surface area contributed by atoms with Crippen LogP contribution in [-0.2, 0) is 0 Å². The molecule has 0 bridgehead atoms. The maximum atomic E-state index is 4.93. The smallest absolute Gasteiger partial charge is 0.0708 e. The van der Waals surface area contributed by atoms with E-state index in [0.717, 1.165) is 22.4 Å². The fraction of sp³-hybridized carbons (Fsp3) is 0.0556. The highest BCUT2D eigenvalue weighted by atomic mass is 14.7. The second-order valence-corrected chi connectivity index (χ2v) is 14.9. The van der Waals surface area contributed by atoms with E-state index in [0.29, 0.717) is 0 Å². The van der Waals surface area contributed by atoms with E-state index >= 15 is 0 Å². The van der Waals surface area contributed by atoms with Crippen LogP contribution in [0.15, 0.2) is 182 Å². The summed E-state index contributed by atoms with van der Waals surface area (Å²) in [5.74, 6) is 0. The predicted molar refractivity (Wildman–Crippen MR) is 236 cm³/mol. The van der Waals surface area contributed by atoms with Gasteiger partial charge >= 0.3 is 0 Å². The number of fused-ring (bicyclic) bond motifs is 4. The van der Waals surface area contributed by atoms with E-state index < -0.39 is 0 Å². The summed E-state index contributed by atoms with van der Waals surface area (Å²) in [6.07, 6.45) is 2.00. The Morgan fingerprint density at radius 3 is 1.38 bits per heavy atom. The van der Waals surface area contributed by atoms with Crippen molar-refractivity contribution in [1.29, 1.82) is 0 Å². The third-order valence-corrected chi connectivity index (χ3v) is 11.4. The van der Waals surface area contributed by atoms with E-state index in [1.165, 1.54) is 93.2 Å². The first-order chi connectivity index (χ1) is 27.0. The second-order valence-electron chi connectivity index (χ2n) is 14.9. The lowest BCUT2D eigenvalue weighted by atomic mass is 9.83. The molecule has 260 valence electrons. The van der Waals surface area contributed by atoms with Crippen molar-refractivity contribution in [3.63, 3.8) is 0 Å². The van der Waals surface area contributed by atoms with Crippen LogP contribution in [0.1, 0.15) is 16.7 Å². The molecule has 0 aliphatic heterocycles. The summed E-state index contributed by atoms with van der Waals surface area (Å²) in [5, 5.41) is 10.0. The fourth-order valence-electron chi connectivity index (χ4n) is 9.08. The maximum Gasteiger partial charge on any atom is 0.0708 e. The van der Waals surface area contributed by atoms with Gasteiger partial charge in [-0.15, -0.1) is 0 Å². The molecule has 1 aromatic heterocycles. The summed E-state index contributed by atoms with van der Waals surface area (Å²) in [6.45, 7) is 6.66. The van der Waals surface area contributed by atoms with E-state index in [9.17, 15) is 0 Å². The minimum atomic E-state index is 0.984. The molecular weight excluding hydrogens is 663 g/mol. The molecule has 0 saturated heterocycles. The minimum Gasteiger partial charge on any atom is -0.256 e. The number of hydrogen-bond acceptors (Lipinski definition) is 1. The molecule has 0 atom stereocenters. The van der Waals surface area contributed by atoms with Gasteiger partial charge in [-0.2, -0.15) is 0 Å². The molecule has 10 rings (SSSR count). The fourth-order valence-corrected chi connectivity index (χ4v) is 9.08. The molecule has 55 heavy (non-hydrogen) atoms. The Kier molecular flexibility index (Phi) is 7.89. The van der Waals surface area contributed by atoms with Crippen LogP contribution in [0.5, 0.6) is 0 Å². The summed E-state index contributed by atoms with van der Waals surface area (Å²) in [5.41, 5.74) is 16.0. The number of hydrogen-bond donors (Lipinski definition) is 0. The van der Waals surface area contributed by atoms with Crippen molar-refractivity contribution in [2.75, 3.05) is 0 Å². The Bertz CT molecular complexity index is 3010. The summed E-state index contributed by atoms with van der Waals surface area (Å²) in [6, 6.07) is 64.4. The van der Waals surface area contributed by atoms with Gasteiger partial charge in [0.1, 0.15) is 0 Å². The number of aromatic nitrogens is 1. The molecular formula is C54H39N. The molecule has 0 amide bonds. The average Bonchev–Trinajstić information content (AvgIpc) is 3.22. The van der Waals surface area contributed by atoms with E-state index in [4.69, 9.17) is 4.98 Å². The van der Waals surface area contributed by atoms with Crippen LogP contribution < -0.4 is 0 Å². The Labute approximate surface area is 322 Å². The van der Waals surface area contributed by atoms with Crippen LogP contribution in [0, 0.1) is 20.8 Å². The first kappa shape index (κ1) is 32.8. The molecule has 0 N–H and O–H groups in total. The van der Waals surface area contributed by atoms with Crippen molar-refractivity contribution in [2.45, 2.75) is 20.8 Å². The molecule has 0 radical (unpaired) electrons. The first-order valence-electron chi connectivity index (χ1n) is 19.1. The molecule has 1 heterocycles. The zero-order valence-corrected chi connectivity index (χ0v) is 31.3. The lowest BCUT2D eigenvalue weighted by Gasteiger charge is -2.20. The quantitative estimate of drug-likeness (QED) is 0.163. The topological polar surface area (TPSA) is 12.9 Å². The van der Waals surface area contributed by atoms with E-state index in [1.807, 2.05) is 6.20 Å². The zero-order valence-electron chi connectivity index (χ0n) is 31.3. The van der Waals surface area contributed by atoms with E-state index in [-0.39, 0.29) is 0 Å². The molecule has 0 spiro atoms. The van der Waals surface area contributed by atoms with Crippen molar-refractivity contribution in [1.82, 2.24) is 4.98 Å². The normalized spacial score (nSPS) is 11.5. The molecule has 10 aromatic rings. The van der Waals surface area contributed by atoms with Gasteiger partial charge in [0, 0.05) is 17.3 Å². The number of rotatable bonds is 5. The van der Waals surface area contributed by atoms with Crippen molar-refractivity contribution in [3.05, 3.63) is 199 Å². The first-order valence-corrected chi connectivity index (χ1v) is 19.1. The third kappa shape index (κ3) is 5.51. The van der Waals surface area contributed by atoms with Crippen molar-refractivity contribution < 1.29 is 0 Å². The van der Waals surface area contributed by atoms with Gasteiger partial charge in [-0.1, -0.05) is 175 Å². The van der Waals surface area contributed by atoms with Crippen LogP contribution in [-0.4, -0.2) is 4.98 Å². The van der Waals surface area contributed by atoms with Gasteiger partial charge in [0.2, 0.25) is 0 Å². The van der Waals surface area contributed by atoms with Crippen molar-refractivity contribution in [2.24, 2.45) is 0 Å². The highest BCUT2D eigenvalue weighted by Gasteiger charge is 2.19. The summed E-state index contributed by atoms with van der Waals surface area (Å²) >= 11 is 0. The molecule has 0 saturated carbocycles. The number of pyridine rings is 1. The second kappa shape index (κ2) is 13.2. The average molecular weight is 702 g/mol. The molecule has 0 fully saturated rings. The molecule has 0 aliphatic rings. The SMILES string of the molecule is Cc1cc(C)c(-c2cccc3c(-c4c5ccccc5c(-c5ccc(-c6ccc(-c7cccc8ccccc78)nc6)cc5)c5ccccc45)cccc23)c(C)c1. The van der Waals surface area contributed by atoms with Crippen molar-refractivity contribution >= 4 is 43.1 Å². The van der Waals surface area contributed by atoms with Gasteiger partial charge in [-0.25, -0.2) is 0 Å². The van der Waals surface area contributed by atoms with Gasteiger partial charge in [-0.05, 0) is 120 Å². The molecule has 1 heteroatoms. The number of benzene rings is 9. The molecule has 0 aliphatic carbocycles. The van der Waals surface area contributed by atoms with Gasteiger partial charge < -0.3 is 0 Å². The van der Waals surface area contributed by atoms with E-state index in [1.54, 1.807) is 0 Å². The van der Waals surface area contributed by atoms with Crippen LogP contribution >= 0.6 is 0 Å². The summed E-state index contributed by atoms with van der Waals surface area (Å²) in [7, 11) is 0. The maximum absolute atomic E-state index is 4.93. The van der Waals surface area contributed by atoms with Crippen LogP contribution in [0.25, 0.3) is 98.9 Å². The summed E-state index contributed by atoms with van der Waals surface area (Å²) < 4.78 is 0. The monoisotopic (exact) mass is 701 g/mol. The van der Waals surface area contributed by atoms with Crippen LogP contribution in [0.3, 0.4) is 0 Å². The highest BCUT2D eigenvalue weighted by Crippen LogP contribution is 2.46. The lowest BCUT2D eigenvalue weighted by molar-refractivity contribution is 1.32. The third-order valence-electron chi connectivity index (χ3n) is 11.4. The molecule has 0 unspecified atom stereocenters. The molecule has 9 aromatic carbocycles. The predicted octanol–water partition coefficient (Wildman–Crippen LogP) is 15.0. The Morgan fingerprint density at radius 2 is 0.782 bits per heavy atom. The Morgan fingerprint density at radius 1 is 0.327 bits per heavy atom. The number of aryl methyl sites for hydroxylation is 3. The zero-order chi connectivity index (χ0) is 37.0. The minimum absolute atomic E-state index is 0.984. The van der Waals surface area contributed by atoms with Gasteiger partial charge in [-0.3, -0.25) is 4.98 Å². The van der Waals surface area contributed by atoms with Gasteiger partial charge in [0.25, 0.3) is 0 Å². The van der Waals surface area contributed by atoms with Gasteiger partial charge in [0.15, 0.2) is 0 Å². The van der Waals surface area contributed by atoms with Gasteiger partial charge in [0.05, 0.1) is 5.69 Å². The Hall–Kier alpha value is -6.83. The lowest BCUT2D eigenvalue weighted by Crippen LogP contribution is -1.94. The number of nitrogens with zero attached hydrogens (tertiary/aromatic N) is 1. The summed E-state index contributed by atoms with van der Waals surface area (Å²) in [4.78, 5) is 4.93. The Balaban J connectivity index is 1.10. The molecule has 1 nitrogen and oxygen atoms in total. The highest BCUT2D eigenvalue weighted by molar-refractivity contribution is 6.24. The largest absolute Gasteiger partial charge is 0.256 e. The standard InChI is InChI=1S/C54H39N/c1-34-31-35(2)52(36(3)32-34)45-23-11-21-43-42(45)20-12-24-46(43)54-49-18-8-6-16-47(49)53(48-17-7-9-19-50(48)54)39-27-25-37(26-28-39)40-29-30-51(55-33-40)44-22-10-14-38-13-4-5-15-41(38)44/h4-33H,1-3H3. The van der Waals surface area contributed by atoms with Crippen LogP contribution in [0.2, 0.25) is 0 Å².